The highest BCUT2D eigenvalue weighted by Gasteiger charge is 2.22. The molecule has 0 unspecified atom stereocenters. The van der Waals surface area contributed by atoms with Crippen LogP contribution >= 0.6 is 11.3 Å². The second-order valence-corrected chi connectivity index (χ2v) is 8.52. The summed E-state index contributed by atoms with van der Waals surface area (Å²) in [5.74, 6) is 0.519. The van der Waals surface area contributed by atoms with Gasteiger partial charge in [0, 0.05) is 30.9 Å². The monoisotopic (exact) mass is 423 g/mol. The summed E-state index contributed by atoms with van der Waals surface area (Å²) in [4.78, 5) is 34.7. The molecule has 0 bridgehead atoms. The molecule has 2 heterocycles. The minimum absolute atomic E-state index is 0.0253. The van der Waals surface area contributed by atoms with E-state index >= 15 is 0 Å². The van der Waals surface area contributed by atoms with Gasteiger partial charge in [-0.05, 0) is 12.8 Å². The largest absolute Gasteiger partial charge is 0.347 e. The van der Waals surface area contributed by atoms with Gasteiger partial charge in [-0.15, -0.1) is 0 Å². The first kappa shape index (κ1) is 20.3. The summed E-state index contributed by atoms with van der Waals surface area (Å²) in [6.45, 7) is -0.0483. The predicted molar refractivity (Wildman–Crippen MR) is 118 cm³/mol. The summed E-state index contributed by atoms with van der Waals surface area (Å²) < 4.78 is 1.93. The normalized spacial score (nSPS) is 14.4. The fourth-order valence-electron chi connectivity index (χ4n) is 3.74. The van der Waals surface area contributed by atoms with Crippen LogP contribution in [0, 0.1) is 5.92 Å². The van der Waals surface area contributed by atoms with Gasteiger partial charge >= 0.3 is 0 Å². The van der Waals surface area contributed by atoms with Gasteiger partial charge in [0.1, 0.15) is 0 Å². The first-order chi connectivity index (χ1) is 14.6. The summed E-state index contributed by atoms with van der Waals surface area (Å²) in [5, 5.41) is 6.09. The number of carbonyl (C=O) groups is 2. The average molecular weight is 424 g/mol. The first-order valence-corrected chi connectivity index (χ1v) is 11.0. The molecule has 1 aliphatic rings. The Bertz CT molecular complexity index is 1020. The maximum Gasteiger partial charge on any atom is 0.245 e. The van der Waals surface area contributed by atoms with E-state index in [9.17, 15) is 9.59 Å². The minimum Gasteiger partial charge on any atom is -0.347 e. The second kappa shape index (κ2) is 9.21. The Morgan fingerprint density at radius 2 is 1.93 bits per heavy atom. The molecule has 7 nitrogen and oxygen atoms in total. The number of amides is 2. The lowest BCUT2D eigenvalue weighted by Gasteiger charge is -2.20. The summed E-state index contributed by atoms with van der Waals surface area (Å²) >= 11 is 1.38. The zero-order valence-corrected chi connectivity index (χ0v) is 17.7. The van der Waals surface area contributed by atoms with Crippen molar-refractivity contribution in [3.05, 3.63) is 42.7 Å². The number of carbonyl (C=O) groups excluding carboxylic acids is 2. The van der Waals surface area contributed by atoms with Crippen molar-refractivity contribution in [1.82, 2.24) is 19.9 Å². The molecular formula is C22H25N5O2S. The zero-order valence-electron chi connectivity index (χ0n) is 16.9. The van der Waals surface area contributed by atoms with Gasteiger partial charge in [-0.25, -0.2) is 9.97 Å². The molecule has 1 aliphatic carbocycles. The van der Waals surface area contributed by atoms with Crippen LogP contribution in [0.1, 0.15) is 32.1 Å². The molecule has 1 fully saturated rings. The van der Waals surface area contributed by atoms with E-state index in [1.165, 1.54) is 17.8 Å². The van der Waals surface area contributed by atoms with Crippen LogP contribution in [0.4, 0.5) is 5.13 Å². The number of hydrogen-bond acceptors (Lipinski definition) is 5. The Labute approximate surface area is 179 Å². The third-order valence-electron chi connectivity index (χ3n) is 5.34. The van der Waals surface area contributed by atoms with Crippen LogP contribution in [0.15, 0.2) is 42.7 Å². The van der Waals surface area contributed by atoms with Gasteiger partial charge in [-0.2, -0.15) is 0 Å². The smallest absolute Gasteiger partial charge is 0.245 e. The van der Waals surface area contributed by atoms with Crippen molar-refractivity contribution in [1.29, 1.82) is 0 Å². The number of thiazole rings is 1. The van der Waals surface area contributed by atoms with Crippen LogP contribution < -0.4 is 10.6 Å². The first-order valence-electron chi connectivity index (χ1n) is 10.2. The van der Waals surface area contributed by atoms with Crippen molar-refractivity contribution in [2.75, 3.05) is 11.9 Å². The van der Waals surface area contributed by atoms with Gasteiger partial charge in [-0.1, -0.05) is 60.9 Å². The van der Waals surface area contributed by atoms with Gasteiger partial charge in [0.2, 0.25) is 11.8 Å². The van der Waals surface area contributed by atoms with Crippen LogP contribution in [0.5, 0.6) is 0 Å². The molecule has 0 saturated heterocycles. The topological polar surface area (TPSA) is 88.9 Å². The number of rotatable bonds is 6. The molecule has 2 N–H and O–H groups in total. The average Bonchev–Trinajstić information content (AvgIpc) is 3.39. The molecule has 4 rings (SSSR count). The van der Waals surface area contributed by atoms with Crippen molar-refractivity contribution in [2.24, 2.45) is 13.0 Å². The summed E-state index contributed by atoms with van der Waals surface area (Å²) in [5.41, 5.74) is 1.73. The highest BCUT2D eigenvalue weighted by Crippen LogP contribution is 2.38. The fraction of sp³-hybridized carbons (Fsp3) is 0.364. The third-order valence-corrected chi connectivity index (χ3v) is 6.31. The summed E-state index contributed by atoms with van der Waals surface area (Å²) in [6, 6.07) is 9.83. The Morgan fingerprint density at radius 3 is 2.63 bits per heavy atom. The van der Waals surface area contributed by atoms with Gasteiger partial charge < -0.3 is 15.2 Å². The maximum absolute atomic E-state index is 12.4. The lowest BCUT2D eigenvalue weighted by Crippen LogP contribution is -2.37. The van der Waals surface area contributed by atoms with Crippen LogP contribution in [0.2, 0.25) is 0 Å². The SMILES string of the molecule is Cn1ccnc1-c1sc(NC(=O)CNC(=O)C2CCCCC2)nc1-c1ccccc1. The molecule has 0 atom stereocenters. The summed E-state index contributed by atoms with van der Waals surface area (Å²) in [7, 11) is 1.93. The van der Waals surface area contributed by atoms with E-state index in [1.54, 1.807) is 6.20 Å². The molecule has 0 aliphatic heterocycles. The molecule has 0 spiro atoms. The number of aryl methyl sites for hydroxylation is 1. The maximum atomic E-state index is 12.4. The van der Waals surface area contributed by atoms with Crippen LogP contribution in [0.3, 0.4) is 0 Å². The Balaban J connectivity index is 1.47. The van der Waals surface area contributed by atoms with Gasteiger partial charge in [0.25, 0.3) is 0 Å². The highest BCUT2D eigenvalue weighted by atomic mass is 32.1. The molecule has 2 aromatic heterocycles. The number of hydrogen-bond donors (Lipinski definition) is 2. The van der Waals surface area contributed by atoms with E-state index in [0.717, 1.165) is 47.6 Å². The molecule has 156 valence electrons. The second-order valence-electron chi connectivity index (χ2n) is 7.53. The minimum atomic E-state index is -0.279. The molecule has 0 radical (unpaired) electrons. The van der Waals surface area contributed by atoms with Crippen molar-refractivity contribution >= 4 is 28.3 Å². The predicted octanol–water partition coefficient (Wildman–Crippen LogP) is 3.85. The molecular weight excluding hydrogens is 398 g/mol. The van der Waals surface area contributed by atoms with Gasteiger partial charge in [-0.3, -0.25) is 9.59 Å². The van der Waals surface area contributed by atoms with E-state index in [1.807, 2.05) is 48.1 Å². The van der Waals surface area contributed by atoms with E-state index < -0.39 is 0 Å². The lowest BCUT2D eigenvalue weighted by atomic mass is 9.89. The zero-order chi connectivity index (χ0) is 20.9. The van der Waals surface area contributed by atoms with Crippen molar-refractivity contribution in [3.63, 3.8) is 0 Å². The Morgan fingerprint density at radius 1 is 1.17 bits per heavy atom. The van der Waals surface area contributed by atoms with Crippen LogP contribution in [-0.2, 0) is 16.6 Å². The number of nitrogens with zero attached hydrogens (tertiary/aromatic N) is 3. The van der Waals surface area contributed by atoms with E-state index in [2.05, 4.69) is 20.6 Å². The van der Waals surface area contributed by atoms with Gasteiger partial charge in [0.05, 0.1) is 17.1 Å². The van der Waals surface area contributed by atoms with Crippen molar-refractivity contribution < 1.29 is 9.59 Å². The molecule has 8 heteroatoms. The lowest BCUT2D eigenvalue weighted by molar-refractivity contribution is -0.128. The van der Waals surface area contributed by atoms with Crippen molar-refractivity contribution in [2.45, 2.75) is 32.1 Å². The fourth-order valence-corrected chi connectivity index (χ4v) is 4.78. The number of imidazole rings is 1. The Kier molecular flexibility index (Phi) is 6.23. The number of anilines is 1. The standard InChI is InChI=1S/C22H25N5O2S/c1-27-13-12-23-20(27)19-18(15-8-4-2-5-9-15)26-22(30-19)25-17(28)14-24-21(29)16-10-6-3-7-11-16/h2,4-5,8-9,12-13,16H,3,6-7,10-11,14H2,1H3,(H,24,29)(H,25,26,28). The Hall–Kier alpha value is -3.00. The molecule has 3 aromatic rings. The molecule has 2 amide bonds. The van der Waals surface area contributed by atoms with E-state index in [-0.39, 0.29) is 24.3 Å². The summed E-state index contributed by atoms with van der Waals surface area (Å²) in [6.07, 6.45) is 8.80. The molecule has 1 aromatic carbocycles. The van der Waals surface area contributed by atoms with Gasteiger partial charge in [0.15, 0.2) is 11.0 Å². The van der Waals surface area contributed by atoms with Crippen LogP contribution in [-0.4, -0.2) is 32.9 Å². The van der Waals surface area contributed by atoms with E-state index in [0.29, 0.717) is 5.13 Å². The number of aromatic nitrogens is 3. The van der Waals surface area contributed by atoms with E-state index in [4.69, 9.17) is 0 Å². The molecule has 30 heavy (non-hydrogen) atoms. The highest BCUT2D eigenvalue weighted by molar-refractivity contribution is 7.19. The quantitative estimate of drug-likeness (QED) is 0.630. The third kappa shape index (κ3) is 4.59. The number of benzene rings is 1. The van der Waals surface area contributed by atoms with Crippen LogP contribution in [0.25, 0.3) is 22.0 Å². The number of nitrogens with one attached hydrogen (secondary N) is 2. The molecule has 1 saturated carbocycles. The van der Waals surface area contributed by atoms with Crippen molar-refractivity contribution in [3.8, 4) is 22.0 Å².